The number of carbonyl (C=O) groups is 2. The van der Waals surface area contributed by atoms with Crippen LogP contribution in [0.5, 0.6) is 0 Å². The summed E-state index contributed by atoms with van der Waals surface area (Å²) < 4.78 is 27.7. The Bertz CT molecular complexity index is 987. The van der Waals surface area contributed by atoms with Crippen molar-refractivity contribution in [2.75, 3.05) is 26.3 Å². The maximum absolute atomic E-state index is 13.9. The number of hydrogen-bond acceptors (Lipinski definition) is 3. The molecule has 2 aromatic carbocycles. The molecule has 1 unspecified atom stereocenters. The quantitative estimate of drug-likeness (QED) is 0.761. The number of alkyl halides is 1. The number of aryl methyl sites for hydroxylation is 1. The van der Waals surface area contributed by atoms with Gasteiger partial charge in [-0.1, -0.05) is 18.2 Å². The van der Waals surface area contributed by atoms with E-state index < -0.39 is 18.5 Å². The van der Waals surface area contributed by atoms with E-state index in [0.717, 1.165) is 5.56 Å². The first-order valence-corrected chi connectivity index (χ1v) is 10.8. The molecule has 5 nitrogen and oxygen atoms in total. The third-order valence-electron chi connectivity index (χ3n) is 5.55. The highest BCUT2D eigenvalue weighted by atomic mass is 19.1. The average molecular weight is 444 g/mol. The minimum atomic E-state index is -0.601. The Morgan fingerprint density at radius 3 is 2.50 bits per heavy atom. The van der Waals surface area contributed by atoms with Gasteiger partial charge in [-0.3, -0.25) is 14.5 Å². The van der Waals surface area contributed by atoms with Crippen molar-refractivity contribution in [3.8, 4) is 0 Å². The van der Waals surface area contributed by atoms with Gasteiger partial charge in [0, 0.05) is 42.8 Å². The van der Waals surface area contributed by atoms with Crippen LogP contribution < -0.4 is 5.32 Å². The van der Waals surface area contributed by atoms with Gasteiger partial charge in [-0.05, 0) is 63.1 Å². The van der Waals surface area contributed by atoms with Gasteiger partial charge in [-0.15, -0.1) is 0 Å². The molecule has 1 heterocycles. The average Bonchev–Trinajstić information content (AvgIpc) is 2.74. The Balaban J connectivity index is 1.67. The first-order chi connectivity index (χ1) is 15.1. The first-order valence-electron chi connectivity index (χ1n) is 10.8. The van der Waals surface area contributed by atoms with E-state index in [-0.39, 0.29) is 29.5 Å². The topological polar surface area (TPSA) is 52.7 Å². The number of rotatable bonds is 5. The van der Waals surface area contributed by atoms with Crippen molar-refractivity contribution >= 4 is 11.8 Å². The zero-order valence-corrected chi connectivity index (χ0v) is 19.1. The first kappa shape index (κ1) is 23.9. The van der Waals surface area contributed by atoms with Crippen molar-refractivity contribution in [3.05, 3.63) is 70.5 Å². The number of piperazine rings is 1. The predicted molar refractivity (Wildman–Crippen MR) is 121 cm³/mol. The Kier molecular flexibility index (Phi) is 7.29. The minimum Gasteiger partial charge on any atom is -0.347 e. The molecule has 7 heteroatoms. The van der Waals surface area contributed by atoms with Crippen LogP contribution in [-0.2, 0) is 6.54 Å². The summed E-state index contributed by atoms with van der Waals surface area (Å²) in [5.74, 6) is -0.864. The minimum absolute atomic E-state index is 0.151. The van der Waals surface area contributed by atoms with Crippen LogP contribution in [0.1, 0.15) is 52.6 Å². The Hall–Kier alpha value is -2.80. The normalized spacial score (nSPS) is 17.3. The number of carbonyl (C=O) groups excluding carboxylic acids is 2. The lowest BCUT2D eigenvalue weighted by molar-refractivity contribution is 0.0399. The third kappa shape index (κ3) is 5.91. The summed E-state index contributed by atoms with van der Waals surface area (Å²) in [6.45, 7) is 8.44. The van der Waals surface area contributed by atoms with Crippen LogP contribution in [-0.4, -0.2) is 59.5 Å². The van der Waals surface area contributed by atoms with E-state index in [2.05, 4.69) is 5.32 Å². The van der Waals surface area contributed by atoms with Gasteiger partial charge in [-0.2, -0.15) is 0 Å². The summed E-state index contributed by atoms with van der Waals surface area (Å²) >= 11 is 0. The summed E-state index contributed by atoms with van der Waals surface area (Å²) in [5, 5.41) is 2.94. The molecule has 0 saturated carbocycles. The number of nitrogens with one attached hydrogen (secondary N) is 1. The molecule has 1 fully saturated rings. The molecule has 1 aliphatic rings. The lowest BCUT2D eigenvalue weighted by Crippen LogP contribution is -2.55. The summed E-state index contributed by atoms with van der Waals surface area (Å²) in [4.78, 5) is 28.8. The molecule has 1 N–H and O–H groups in total. The Morgan fingerprint density at radius 1 is 1.09 bits per heavy atom. The zero-order valence-electron chi connectivity index (χ0n) is 19.1. The van der Waals surface area contributed by atoms with Crippen LogP contribution in [0.2, 0.25) is 0 Å². The van der Waals surface area contributed by atoms with Gasteiger partial charge in [0.05, 0.1) is 6.04 Å². The van der Waals surface area contributed by atoms with Gasteiger partial charge in [0.1, 0.15) is 12.5 Å². The molecule has 0 aromatic heterocycles. The molecule has 1 atom stereocenters. The van der Waals surface area contributed by atoms with Gasteiger partial charge < -0.3 is 10.2 Å². The molecule has 2 aromatic rings. The third-order valence-corrected chi connectivity index (χ3v) is 5.55. The fourth-order valence-corrected chi connectivity index (χ4v) is 3.80. The largest absolute Gasteiger partial charge is 0.347 e. The van der Waals surface area contributed by atoms with Crippen molar-refractivity contribution < 1.29 is 18.4 Å². The fourth-order valence-electron chi connectivity index (χ4n) is 3.80. The van der Waals surface area contributed by atoms with Gasteiger partial charge in [-0.25, -0.2) is 8.78 Å². The van der Waals surface area contributed by atoms with Crippen molar-refractivity contribution in [1.29, 1.82) is 0 Å². The van der Waals surface area contributed by atoms with Crippen LogP contribution in [0.15, 0.2) is 42.5 Å². The lowest BCUT2D eigenvalue weighted by Gasteiger charge is -2.40. The van der Waals surface area contributed by atoms with Gasteiger partial charge in [0.15, 0.2) is 0 Å². The second-order valence-electron chi connectivity index (χ2n) is 9.40. The van der Waals surface area contributed by atoms with E-state index in [9.17, 15) is 18.4 Å². The highest BCUT2D eigenvalue weighted by Crippen LogP contribution is 2.19. The van der Waals surface area contributed by atoms with Crippen LogP contribution >= 0.6 is 0 Å². The molecule has 172 valence electrons. The van der Waals surface area contributed by atoms with E-state index in [1.807, 2.05) is 43.9 Å². The Morgan fingerprint density at radius 2 is 1.84 bits per heavy atom. The van der Waals surface area contributed by atoms with E-state index in [1.165, 1.54) is 6.07 Å². The lowest BCUT2D eigenvalue weighted by atomic mass is 10.0. The Labute approximate surface area is 188 Å². The molecular weight excluding hydrogens is 412 g/mol. The van der Waals surface area contributed by atoms with Crippen LogP contribution in [0, 0.1) is 12.7 Å². The number of halogens is 2. The maximum atomic E-state index is 13.9. The van der Waals surface area contributed by atoms with Crippen molar-refractivity contribution in [3.63, 3.8) is 0 Å². The monoisotopic (exact) mass is 443 g/mol. The molecule has 0 bridgehead atoms. The van der Waals surface area contributed by atoms with Crippen LogP contribution in [0.25, 0.3) is 0 Å². The molecule has 2 amide bonds. The SMILES string of the molecule is Cc1ccc(C(=O)N2CCN(Cc3cccc(C(=O)NC(C)(C)C)c3)C(CF)C2)cc1F. The molecule has 32 heavy (non-hydrogen) atoms. The summed E-state index contributed by atoms with van der Waals surface area (Å²) in [7, 11) is 0. The molecule has 0 aliphatic carbocycles. The summed E-state index contributed by atoms with van der Waals surface area (Å²) in [6.07, 6.45) is 0. The van der Waals surface area contributed by atoms with E-state index in [0.29, 0.717) is 30.8 Å². The molecule has 0 spiro atoms. The molecule has 1 saturated heterocycles. The van der Waals surface area contributed by atoms with Crippen molar-refractivity contribution in [2.45, 2.75) is 45.8 Å². The van der Waals surface area contributed by atoms with E-state index in [1.54, 1.807) is 30.0 Å². The molecular formula is C25H31F2N3O2. The van der Waals surface area contributed by atoms with Crippen LogP contribution in [0.3, 0.4) is 0 Å². The predicted octanol–water partition coefficient (Wildman–Crippen LogP) is 3.96. The number of amides is 2. The second-order valence-corrected chi connectivity index (χ2v) is 9.40. The summed E-state index contributed by atoms with van der Waals surface area (Å²) in [5.41, 5.74) is 1.88. The molecule has 1 aliphatic heterocycles. The summed E-state index contributed by atoms with van der Waals surface area (Å²) in [6, 6.07) is 11.3. The molecule has 3 rings (SSSR count). The maximum Gasteiger partial charge on any atom is 0.254 e. The molecule has 0 radical (unpaired) electrons. The van der Waals surface area contributed by atoms with Crippen LogP contribution in [0.4, 0.5) is 8.78 Å². The van der Waals surface area contributed by atoms with Gasteiger partial charge >= 0.3 is 0 Å². The highest BCUT2D eigenvalue weighted by Gasteiger charge is 2.30. The number of nitrogens with zero attached hydrogens (tertiary/aromatic N) is 2. The van der Waals surface area contributed by atoms with Crippen molar-refractivity contribution in [1.82, 2.24) is 15.1 Å². The zero-order chi connectivity index (χ0) is 23.5. The van der Waals surface area contributed by atoms with Gasteiger partial charge in [0.25, 0.3) is 11.8 Å². The number of benzene rings is 2. The fraction of sp³-hybridized carbons (Fsp3) is 0.440. The second kappa shape index (κ2) is 9.77. The van der Waals surface area contributed by atoms with Gasteiger partial charge in [0.2, 0.25) is 0 Å². The van der Waals surface area contributed by atoms with Crippen molar-refractivity contribution in [2.24, 2.45) is 0 Å². The van der Waals surface area contributed by atoms with E-state index >= 15 is 0 Å². The number of hydrogen-bond donors (Lipinski definition) is 1. The smallest absolute Gasteiger partial charge is 0.254 e. The standard InChI is InChI=1S/C25H31F2N3O2/c1-17-8-9-20(13-22(17)27)24(32)30-11-10-29(21(14-26)16-30)15-18-6-5-7-19(12-18)23(31)28-25(2,3)4/h5-9,12-13,21H,10-11,14-16H2,1-4H3,(H,28,31). The highest BCUT2D eigenvalue weighted by molar-refractivity contribution is 5.95. The van der Waals surface area contributed by atoms with E-state index in [4.69, 9.17) is 0 Å².